The van der Waals surface area contributed by atoms with Crippen molar-refractivity contribution in [1.82, 2.24) is 15.1 Å². The predicted octanol–water partition coefficient (Wildman–Crippen LogP) is 2.77. The molecule has 0 radical (unpaired) electrons. The molecule has 0 saturated heterocycles. The molecule has 2 atom stereocenters. The molecule has 1 aromatic heterocycles. The highest BCUT2D eigenvalue weighted by Gasteiger charge is 2.31. The number of amides is 1. The number of carbonyl (C=O) groups excluding carboxylic acids is 1. The van der Waals surface area contributed by atoms with Crippen molar-refractivity contribution in [3.8, 4) is 5.69 Å². The fourth-order valence-electron chi connectivity index (χ4n) is 3.24. The summed E-state index contributed by atoms with van der Waals surface area (Å²) in [4.78, 5) is 23.9. The van der Waals surface area contributed by atoms with Crippen LogP contribution in [0.1, 0.15) is 42.6 Å². The van der Waals surface area contributed by atoms with Crippen LogP contribution in [0.15, 0.2) is 36.5 Å². The molecule has 1 fully saturated rings. The van der Waals surface area contributed by atoms with Gasteiger partial charge in [0.25, 0.3) is 5.91 Å². The lowest BCUT2D eigenvalue weighted by atomic mass is 9.95. The summed E-state index contributed by atoms with van der Waals surface area (Å²) in [6.45, 7) is 0. The first-order valence-electron chi connectivity index (χ1n) is 8.40. The second-order valence-corrected chi connectivity index (χ2v) is 6.26. The minimum Gasteiger partial charge on any atom is -0.481 e. The van der Waals surface area contributed by atoms with Gasteiger partial charge in [0.1, 0.15) is 11.5 Å². The molecule has 3 rings (SSSR count). The summed E-state index contributed by atoms with van der Waals surface area (Å²) in [7, 11) is 0. The normalized spacial score (nSPS) is 20.7. The van der Waals surface area contributed by atoms with Crippen LogP contribution in [0, 0.1) is 11.7 Å². The SMILES string of the molecule is O=C(N[C@H]1CCCCC[C@H]1C(=O)O)c1ccn(-c2ccccc2F)n1. The van der Waals surface area contributed by atoms with E-state index in [2.05, 4.69) is 10.4 Å². The highest BCUT2D eigenvalue weighted by molar-refractivity contribution is 5.92. The zero-order valence-electron chi connectivity index (χ0n) is 13.7. The lowest BCUT2D eigenvalue weighted by Crippen LogP contribution is -2.43. The highest BCUT2D eigenvalue weighted by atomic mass is 19.1. The van der Waals surface area contributed by atoms with E-state index in [1.54, 1.807) is 18.2 Å². The Labute approximate surface area is 144 Å². The monoisotopic (exact) mass is 345 g/mol. The topological polar surface area (TPSA) is 84.2 Å². The third-order valence-electron chi connectivity index (χ3n) is 4.57. The van der Waals surface area contributed by atoms with Crippen LogP contribution in [0.5, 0.6) is 0 Å². The van der Waals surface area contributed by atoms with Gasteiger partial charge in [-0.05, 0) is 31.0 Å². The van der Waals surface area contributed by atoms with Crippen LogP contribution in [0.4, 0.5) is 4.39 Å². The molecule has 1 heterocycles. The number of halogens is 1. The number of para-hydroxylation sites is 1. The molecule has 1 aliphatic carbocycles. The maximum absolute atomic E-state index is 13.8. The molecule has 1 aromatic carbocycles. The van der Waals surface area contributed by atoms with Gasteiger partial charge in [-0.2, -0.15) is 5.10 Å². The van der Waals surface area contributed by atoms with E-state index in [0.717, 1.165) is 19.3 Å². The van der Waals surface area contributed by atoms with Gasteiger partial charge in [0, 0.05) is 12.2 Å². The third-order valence-corrected chi connectivity index (χ3v) is 4.57. The van der Waals surface area contributed by atoms with Gasteiger partial charge in [-0.1, -0.05) is 31.4 Å². The van der Waals surface area contributed by atoms with Crippen molar-refractivity contribution in [2.75, 3.05) is 0 Å². The standard InChI is InChI=1S/C18H20FN3O3/c19-13-7-4-5-9-16(13)22-11-10-15(21-22)17(23)20-14-8-3-1-2-6-12(14)18(24)25/h4-5,7,9-12,14H,1-3,6,8H2,(H,20,23)(H,24,25)/t12-,14+/m1/s1. The summed E-state index contributed by atoms with van der Waals surface area (Å²) >= 11 is 0. The van der Waals surface area contributed by atoms with E-state index >= 15 is 0 Å². The number of aliphatic carboxylic acids is 1. The average Bonchev–Trinajstić information content (AvgIpc) is 2.96. The molecule has 2 aromatic rings. The van der Waals surface area contributed by atoms with Gasteiger partial charge in [-0.25, -0.2) is 9.07 Å². The number of aromatic nitrogens is 2. The quantitative estimate of drug-likeness (QED) is 0.835. The molecule has 1 amide bonds. The van der Waals surface area contributed by atoms with Crippen LogP contribution in [0.3, 0.4) is 0 Å². The molecule has 7 heteroatoms. The van der Waals surface area contributed by atoms with Crippen LogP contribution in [0.2, 0.25) is 0 Å². The first-order chi connectivity index (χ1) is 12.1. The molecular formula is C18H20FN3O3. The number of benzene rings is 1. The molecule has 1 saturated carbocycles. The number of carbonyl (C=O) groups is 2. The van der Waals surface area contributed by atoms with Crippen molar-refractivity contribution in [3.05, 3.63) is 48.0 Å². The Morgan fingerprint density at radius 2 is 1.92 bits per heavy atom. The molecule has 1 aliphatic rings. The van der Waals surface area contributed by atoms with Crippen molar-refractivity contribution in [1.29, 1.82) is 0 Å². The predicted molar refractivity (Wildman–Crippen MR) is 89.0 cm³/mol. The van der Waals surface area contributed by atoms with E-state index in [0.29, 0.717) is 12.8 Å². The fraction of sp³-hybridized carbons (Fsp3) is 0.389. The lowest BCUT2D eigenvalue weighted by molar-refractivity contribution is -0.142. The Bertz CT molecular complexity index is 774. The van der Waals surface area contributed by atoms with Crippen molar-refractivity contribution >= 4 is 11.9 Å². The summed E-state index contributed by atoms with van der Waals surface area (Å²) in [6, 6.07) is 7.23. The Balaban J connectivity index is 1.75. The summed E-state index contributed by atoms with van der Waals surface area (Å²) in [5, 5.41) is 16.3. The minimum absolute atomic E-state index is 0.136. The smallest absolute Gasteiger partial charge is 0.308 e. The molecule has 0 unspecified atom stereocenters. The molecular weight excluding hydrogens is 325 g/mol. The van der Waals surface area contributed by atoms with E-state index in [1.165, 1.54) is 23.0 Å². The minimum atomic E-state index is -0.885. The maximum atomic E-state index is 13.8. The van der Waals surface area contributed by atoms with E-state index in [4.69, 9.17) is 0 Å². The van der Waals surface area contributed by atoms with Crippen molar-refractivity contribution in [3.63, 3.8) is 0 Å². The van der Waals surface area contributed by atoms with Crippen LogP contribution >= 0.6 is 0 Å². The number of nitrogens with zero attached hydrogens (tertiary/aromatic N) is 2. The average molecular weight is 345 g/mol. The lowest BCUT2D eigenvalue weighted by Gasteiger charge is -2.22. The van der Waals surface area contributed by atoms with Gasteiger partial charge in [0.15, 0.2) is 5.69 Å². The second-order valence-electron chi connectivity index (χ2n) is 6.26. The summed E-state index contributed by atoms with van der Waals surface area (Å²) in [5.41, 5.74) is 0.385. The third kappa shape index (κ3) is 3.87. The van der Waals surface area contributed by atoms with Gasteiger partial charge in [0.2, 0.25) is 0 Å². The van der Waals surface area contributed by atoms with Gasteiger partial charge in [-0.15, -0.1) is 0 Å². The number of hydrogen-bond donors (Lipinski definition) is 2. The maximum Gasteiger partial charge on any atom is 0.308 e. The zero-order chi connectivity index (χ0) is 17.8. The Morgan fingerprint density at radius 1 is 1.16 bits per heavy atom. The number of nitrogens with one attached hydrogen (secondary N) is 1. The molecule has 0 aliphatic heterocycles. The van der Waals surface area contributed by atoms with E-state index in [9.17, 15) is 19.1 Å². The zero-order valence-corrected chi connectivity index (χ0v) is 13.7. The van der Waals surface area contributed by atoms with Crippen LogP contribution in [-0.4, -0.2) is 32.8 Å². The van der Waals surface area contributed by atoms with E-state index in [-0.39, 0.29) is 11.4 Å². The van der Waals surface area contributed by atoms with Crippen LogP contribution in [0.25, 0.3) is 5.69 Å². The molecule has 0 spiro atoms. The van der Waals surface area contributed by atoms with Crippen LogP contribution in [-0.2, 0) is 4.79 Å². The molecule has 132 valence electrons. The van der Waals surface area contributed by atoms with Gasteiger partial charge >= 0.3 is 5.97 Å². The Hall–Kier alpha value is -2.70. The van der Waals surface area contributed by atoms with E-state index in [1.807, 2.05) is 0 Å². The van der Waals surface area contributed by atoms with Crippen molar-refractivity contribution < 1.29 is 19.1 Å². The van der Waals surface area contributed by atoms with Crippen molar-refractivity contribution in [2.45, 2.75) is 38.1 Å². The number of hydrogen-bond acceptors (Lipinski definition) is 3. The van der Waals surface area contributed by atoms with Gasteiger partial charge in [-0.3, -0.25) is 9.59 Å². The summed E-state index contributed by atoms with van der Waals surface area (Å²) < 4.78 is 15.1. The first kappa shape index (κ1) is 17.1. The van der Waals surface area contributed by atoms with Crippen LogP contribution < -0.4 is 5.32 Å². The van der Waals surface area contributed by atoms with Crippen molar-refractivity contribution in [2.24, 2.45) is 5.92 Å². The first-order valence-corrected chi connectivity index (χ1v) is 8.40. The summed E-state index contributed by atoms with van der Waals surface area (Å²) in [6.07, 6.45) is 5.41. The van der Waals surface area contributed by atoms with Gasteiger partial charge < -0.3 is 10.4 Å². The van der Waals surface area contributed by atoms with Gasteiger partial charge in [0.05, 0.1) is 5.92 Å². The van der Waals surface area contributed by atoms with E-state index < -0.39 is 29.7 Å². The summed E-state index contributed by atoms with van der Waals surface area (Å²) in [5.74, 6) is -2.34. The largest absolute Gasteiger partial charge is 0.481 e. The highest BCUT2D eigenvalue weighted by Crippen LogP contribution is 2.24. The molecule has 2 N–H and O–H groups in total. The molecule has 6 nitrogen and oxygen atoms in total. The second kappa shape index (κ2) is 7.46. The molecule has 25 heavy (non-hydrogen) atoms. The number of carboxylic acid groups (broad SMARTS) is 1. The fourth-order valence-corrected chi connectivity index (χ4v) is 3.24. The Kier molecular flexibility index (Phi) is 5.11. The number of carboxylic acids is 1. The number of rotatable bonds is 4. The Morgan fingerprint density at radius 3 is 2.68 bits per heavy atom. The molecule has 0 bridgehead atoms.